The first-order chi connectivity index (χ1) is 12.6. The van der Waals surface area contributed by atoms with Gasteiger partial charge in [-0.25, -0.2) is 4.39 Å². The van der Waals surface area contributed by atoms with E-state index in [0.717, 1.165) is 25.7 Å². The zero-order chi connectivity index (χ0) is 18.4. The van der Waals surface area contributed by atoms with Crippen molar-refractivity contribution in [2.45, 2.75) is 44.6 Å². The second-order valence-corrected chi connectivity index (χ2v) is 6.71. The van der Waals surface area contributed by atoms with E-state index in [9.17, 15) is 14.0 Å². The van der Waals surface area contributed by atoms with Gasteiger partial charge in [0.1, 0.15) is 5.82 Å². The Morgan fingerprint density at radius 2 is 1.65 bits per heavy atom. The number of anilines is 1. The van der Waals surface area contributed by atoms with Gasteiger partial charge in [0.2, 0.25) is 5.91 Å². The third-order valence-electron chi connectivity index (χ3n) is 4.66. The van der Waals surface area contributed by atoms with Crippen molar-refractivity contribution in [3.05, 3.63) is 65.5 Å². The fraction of sp³-hybridized carbons (Fsp3) is 0.333. The fourth-order valence-corrected chi connectivity index (χ4v) is 3.28. The number of amides is 2. The Hall–Kier alpha value is -2.69. The summed E-state index contributed by atoms with van der Waals surface area (Å²) in [5.41, 5.74) is 1.67. The highest BCUT2D eigenvalue weighted by molar-refractivity contribution is 6.04. The van der Waals surface area contributed by atoms with E-state index in [1.165, 1.54) is 18.6 Å². The van der Waals surface area contributed by atoms with Crippen LogP contribution in [0.1, 0.15) is 48.0 Å². The van der Waals surface area contributed by atoms with E-state index >= 15 is 0 Å². The maximum atomic E-state index is 13.0. The molecule has 0 aliphatic heterocycles. The third-order valence-corrected chi connectivity index (χ3v) is 4.66. The van der Waals surface area contributed by atoms with Gasteiger partial charge in [-0.2, -0.15) is 0 Å². The summed E-state index contributed by atoms with van der Waals surface area (Å²) in [6.45, 7) is 0. The minimum Gasteiger partial charge on any atom is -0.349 e. The van der Waals surface area contributed by atoms with Crippen LogP contribution >= 0.6 is 0 Å². The second kappa shape index (κ2) is 8.61. The van der Waals surface area contributed by atoms with Crippen molar-refractivity contribution in [2.75, 3.05) is 5.32 Å². The molecule has 0 saturated heterocycles. The lowest BCUT2D eigenvalue weighted by molar-refractivity contribution is -0.115. The van der Waals surface area contributed by atoms with Gasteiger partial charge in [0, 0.05) is 6.04 Å². The van der Waals surface area contributed by atoms with Crippen molar-refractivity contribution in [3.8, 4) is 0 Å². The van der Waals surface area contributed by atoms with Crippen molar-refractivity contribution >= 4 is 17.5 Å². The lowest BCUT2D eigenvalue weighted by Crippen LogP contribution is -2.36. The maximum absolute atomic E-state index is 13.0. The average Bonchev–Trinajstić information content (AvgIpc) is 2.65. The van der Waals surface area contributed by atoms with Gasteiger partial charge in [-0.1, -0.05) is 43.5 Å². The van der Waals surface area contributed by atoms with Crippen LogP contribution in [0.3, 0.4) is 0 Å². The molecule has 0 bridgehead atoms. The average molecular weight is 354 g/mol. The summed E-state index contributed by atoms with van der Waals surface area (Å²) < 4.78 is 13.0. The normalized spacial score (nSPS) is 14.7. The van der Waals surface area contributed by atoms with E-state index < -0.39 is 0 Å². The minimum absolute atomic E-state index is 0.124. The van der Waals surface area contributed by atoms with Crippen molar-refractivity contribution < 1.29 is 14.0 Å². The number of hydrogen-bond acceptors (Lipinski definition) is 2. The van der Waals surface area contributed by atoms with Crippen LogP contribution in [-0.2, 0) is 11.2 Å². The number of nitrogens with one attached hydrogen (secondary N) is 2. The van der Waals surface area contributed by atoms with E-state index in [4.69, 9.17) is 0 Å². The number of carbonyl (C=O) groups excluding carboxylic acids is 2. The second-order valence-electron chi connectivity index (χ2n) is 6.71. The number of hydrogen-bond donors (Lipinski definition) is 2. The van der Waals surface area contributed by atoms with Gasteiger partial charge in [-0.15, -0.1) is 0 Å². The van der Waals surface area contributed by atoms with E-state index in [0.29, 0.717) is 16.8 Å². The number of rotatable bonds is 5. The number of para-hydroxylation sites is 1. The molecular weight excluding hydrogens is 331 g/mol. The molecule has 26 heavy (non-hydrogen) atoms. The molecule has 0 radical (unpaired) electrons. The molecule has 0 heterocycles. The summed E-state index contributed by atoms with van der Waals surface area (Å²) in [6, 6.07) is 13.0. The van der Waals surface area contributed by atoms with Gasteiger partial charge < -0.3 is 10.6 Å². The Balaban J connectivity index is 1.65. The largest absolute Gasteiger partial charge is 0.349 e. The quantitative estimate of drug-likeness (QED) is 0.850. The highest BCUT2D eigenvalue weighted by Crippen LogP contribution is 2.20. The smallest absolute Gasteiger partial charge is 0.253 e. The predicted octanol–water partition coefficient (Wildman–Crippen LogP) is 4.07. The van der Waals surface area contributed by atoms with Crippen molar-refractivity contribution in [3.63, 3.8) is 0 Å². The van der Waals surface area contributed by atoms with Crippen LogP contribution in [0.4, 0.5) is 10.1 Å². The predicted molar refractivity (Wildman–Crippen MR) is 99.5 cm³/mol. The first-order valence-electron chi connectivity index (χ1n) is 9.06. The zero-order valence-corrected chi connectivity index (χ0v) is 14.6. The Bertz CT molecular complexity index is 768. The number of carbonyl (C=O) groups is 2. The molecule has 2 N–H and O–H groups in total. The molecule has 3 rings (SSSR count). The highest BCUT2D eigenvalue weighted by Gasteiger charge is 2.19. The van der Waals surface area contributed by atoms with Crippen LogP contribution < -0.4 is 10.6 Å². The molecule has 4 nitrogen and oxygen atoms in total. The number of benzene rings is 2. The molecule has 1 aliphatic rings. The Morgan fingerprint density at radius 1 is 0.962 bits per heavy atom. The molecule has 5 heteroatoms. The molecular formula is C21H23FN2O2. The van der Waals surface area contributed by atoms with Gasteiger partial charge in [0.15, 0.2) is 0 Å². The van der Waals surface area contributed by atoms with Crippen LogP contribution in [0.25, 0.3) is 0 Å². The molecule has 1 fully saturated rings. The molecule has 1 saturated carbocycles. The van der Waals surface area contributed by atoms with Crippen molar-refractivity contribution in [1.29, 1.82) is 0 Å². The topological polar surface area (TPSA) is 58.2 Å². The maximum Gasteiger partial charge on any atom is 0.253 e. The summed E-state index contributed by atoms with van der Waals surface area (Å²) in [5.74, 6) is -0.733. The monoisotopic (exact) mass is 354 g/mol. The van der Waals surface area contributed by atoms with Gasteiger partial charge in [0.05, 0.1) is 17.7 Å². The first-order valence-corrected chi connectivity index (χ1v) is 9.06. The molecule has 1 aliphatic carbocycles. The Kier molecular flexibility index (Phi) is 6.00. The third kappa shape index (κ3) is 4.91. The lowest BCUT2D eigenvalue weighted by Gasteiger charge is -2.23. The SMILES string of the molecule is O=C(Cc1ccc(F)cc1)Nc1ccccc1C(=O)NC1CCCCC1. The van der Waals surface area contributed by atoms with Crippen LogP contribution in [-0.4, -0.2) is 17.9 Å². The van der Waals surface area contributed by atoms with Crippen LogP contribution in [0.2, 0.25) is 0 Å². The Morgan fingerprint density at radius 3 is 2.38 bits per heavy atom. The highest BCUT2D eigenvalue weighted by atomic mass is 19.1. The first kappa shape index (κ1) is 18.1. The van der Waals surface area contributed by atoms with Crippen molar-refractivity contribution in [1.82, 2.24) is 5.32 Å². The molecule has 0 spiro atoms. The van der Waals surface area contributed by atoms with Crippen LogP contribution in [0.5, 0.6) is 0 Å². The standard InChI is InChI=1S/C21H23FN2O2/c22-16-12-10-15(11-13-16)14-20(25)24-19-9-5-4-8-18(19)21(26)23-17-6-2-1-3-7-17/h4-5,8-13,17H,1-3,6-7,14H2,(H,23,26)(H,24,25). The minimum atomic E-state index is -0.334. The van der Waals surface area contributed by atoms with Gasteiger partial charge in [-0.3, -0.25) is 9.59 Å². The summed E-state index contributed by atoms with van der Waals surface area (Å²) >= 11 is 0. The van der Waals surface area contributed by atoms with Gasteiger partial charge in [-0.05, 0) is 42.7 Å². The summed E-state index contributed by atoms with van der Waals surface area (Å²) in [4.78, 5) is 24.9. The number of halogens is 1. The van der Waals surface area contributed by atoms with E-state index in [1.807, 2.05) is 0 Å². The molecule has 0 unspecified atom stereocenters. The van der Waals surface area contributed by atoms with Crippen molar-refractivity contribution in [2.24, 2.45) is 0 Å². The van der Waals surface area contributed by atoms with E-state index in [1.54, 1.807) is 36.4 Å². The fourth-order valence-electron chi connectivity index (χ4n) is 3.28. The lowest BCUT2D eigenvalue weighted by atomic mass is 9.95. The van der Waals surface area contributed by atoms with Gasteiger partial charge >= 0.3 is 0 Å². The molecule has 136 valence electrons. The summed E-state index contributed by atoms with van der Waals surface area (Å²) in [6.07, 6.45) is 5.64. The van der Waals surface area contributed by atoms with E-state index in [-0.39, 0.29) is 30.1 Å². The molecule has 0 atom stereocenters. The van der Waals surface area contributed by atoms with Crippen LogP contribution in [0.15, 0.2) is 48.5 Å². The zero-order valence-electron chi connectivity index (χ0n) is 14.6. The molecule has 2 aromatic carbocycles. The Labute approximate surface area is 152 Å². The summed E-state index contributed by atoms with van der Waals surface area (Å²) in [7, 11) is 0. The summed E-state index contributed by atoms with van der Waals surface area (Å²) in [5, 5.41) is 5.87. The van der Waals surface area contributed by atoms with E-state index in [2.05, 4.69) is 10.6 Å². The molecule has 2 aromatic rings. The van der Waals surface area contributed by atoms with Crippen LogP contribution in [0, 0.1) is 5.82 Å². The molecule has 0 aromatic heterocycles. The van der Waals surface area contributed by atoms with Gasteiger partial charge in [0.25, 0.3) is 5.91 Å². The molecule has 2 amide bonds.